The Morgan fingerprint density at radius 1 is 1.28 bits per heavy atom. The van der Waals surface area contributed by atoms with Crippen LogP contribution in [0.5, 0.6) is 5.75 Å². The Kier molecular flexibility index (Phi) is 4.01. The van der Waals surface area contributed by atoms with E-state index < -0.39 is 0 Å². The number of aryl methyl sites for hydroxylation is 1. The van der Waals surface area contributed by atoms with E-state index in [4.69, 9.17) is 13.6 Å². The molecule has 0 saturated heterocycles. The topological polar surface area (TPSA) is 68.7 Å². The number of carbonyl (C=O) groups excluding carboxylic acids is 1. The Bertz CT molecular complexity index is 882. The normalized spacial score (nSPS) is 13.6. The van der Waals surface area contributed by atoms with Gasteiger partial charge in [-0.3, -0.25) is 4.79 Å². The van der Waals surface area contributed by atoms with Gasteiger partial charge in [0.2, 0.25) is 5.89 Å². The second kappa shape index (κ2) is 6.47. The molecule has 6 nitrogen and oxygen atoms in total. The van der Waals surface area contributed by atoms with E-state index in [1.807, 2.05) is 37.3 Å². The van der Waals surface area contributed by atoms with Gasteiger partial charge in [-0.25, -0.2) is 4.98 Å². The van der Waals surface area contributed by atoms with E-state index in [0.29, 0.717) is 31.2 Å². The van der Waals surface area contributed by atoms with Gasteiger partial charge in [-0.05, 0) is 25.1 Å². The lowest BCUT2D eigenvalue weighted by Gasteiger charge is -2.24. The molecule has 3 aromatic rings. The van der Waals surface area contributed by atoms with Gasteiger partial charge in [0.15, 0.2) is 12.4 Å². The molecule has 6 heteroatoms. The van der Waals surface area contributed by atoms with Gasteiger partial charge >= 0.3 is 0 Å². The zero-order valence-electron chi connectivity index (χ0n) is 13.9. The molecular formula is C19H18N2O4. The fourth-order valence-corrected chi connectivity index (χ4v) is 2.88. The Labute approximate surface area is 145 Å². The zero-order chi connectivity index (χ0) is 17.2. The molecule has 1 aromatic carbocycles. The highest BCUT2D eigenvalue weighted by molar-refractivity contribution is 5.92. The van der Waals surface area contributed by atoms with E-state index in [1.54, 1.807) is 11.0 Å². The number of aromatic nitrogens is 1. The first-order valence-corrected chi connectivity index (χ1v) is 8.19. The van der Waals surface area contributed by atoms with Gasteiger partial charge in [-0.1, -0.05) is 18.2 Å². The van der Waals surface area contributed by atoms with E-state index in [-0.39, 0.29) is 12.5 Å². The fraction of sp³-hybridized carbons (Fsp3) is 0.263. The lowest BCUT2D eigenvalue weighted by Crippen LogP contribution is -2.35. The number of carbonyl (C=O) groups is 1. The molecule has 0 saturated carbocycles. The first-order valence-electron chi connectivity index (χ1n) is 8.19. The number of benzene rings is 1. The molecule has 0 bridgehead atoms. The van der Waals surface area contributed by atoms with Crippen molar-refractivity contribution in [1.82, 2.24) is 9.88 Å². The number of oxazole rings is 1. The zero-order valence-corrected chi connectivity index (χ0v) is 13.9. The summed E-state index contributed by atoms with van der Waals surface area (Å²) in [6.45, 7) is 3.12. The van der Waals surface area contributed by atoms with Crippen molar-refractivity contribution in [3.8, 4) is 5.75 Å². The number of para-hydroxylation sites is 1. The van der Waals surface area contributed by atoms with Crippen LogP contribution in [0.25, 0.3) is 0 Å². The second-order valence-corrected chi connectivity index (χ2v) is 5.99. The highest BCUT2D eigenvalue weighted by Gasteiger charge is 2.28. The SMILES string of the molecule is Cc1ccoc1C(=O)N1CCc2nc(COc3ccccc3)oc2C1. The van der Waals surface area contributed by atoms with Crippen LogP contribution < -0.4 is 4.74 Å². The predicted molar refractivity (Wildman–Crippen MR) is 89.2 cm³/mol. The second-order valence-electron chi connectivity index (χ2n) is 5.99. The third-order valence-electron chi connectivity index (χ3n) is 4.22. The van der Waals surface area contributed by atoms with Crippen LogP contribution in [0, 0.1) is 6.92 Å². The Morgan fingerprint density at radius 3 is 2.88 bits per heavy atom. The molecule has 25 heavy (non-hydrogen) atoms. The number of ether oxygens (including phenoxy) is 1. The summed E-state index contributed by atoms with van der Waals surface area (Å²) < 4.78 is 16.8. The summed E-state index contributed by atoms with van der Waals surface area (Å²) in [5, 5.41) is 0. The number of hydrogen-bond donors (Lipinski definition) is 0. The van der Waals surface area contributed by atoms with Crippen molar-refractivity contribution in [3.05, 3.63) is 71.3 Å². The van der Waals surface area contributed by atoms with Crippen molar-refractivity contribution < 1.29 is 18.4 Å². The molecule has 128 valence electrons. The van der Waals surface area contributed by atoms with E-state index >= 15 is 0 Å². The van der Waals surface area contributed by atoms with Crippen molar-refractivity contribution in [3.63, 3.8) is 0 Å². The molecule has 1 aliphatic heterocycles. The largest absolute Gasteiger partial charge is 0.484 e. The molecule has 0 fully saturated rings. The molecule has 0 N–H and O–H groups in total. The van der Waals surface area contributed by atoms with Gasteiger partial charge < -0.3 is 18.5 Å². The summed E-state index contributed by atoms with van der Waals surface area (Å²) in [6, 6.07) is 11.3. The van der Waals surface area contributed by atoms with Crippen molar-refractivity contribution >= 4 is 5.91 Å². The van der Waals surface area contributed by atoms with Crippen molar-refractivity contribution in [2.24, 2.45) is 0 Å². The molecule has 0 radical (unpaired) electrons. The maximum atomic E-state index is 12.6. The van der Waals surface area contributed by atoms with Gasteiger partial charge in [-0.15, -0.1) is 0 Å². The summed E-state index contributed by atoms with van der Waals surface area (Å²) in [5.41, 5.74) is 1.73. The first kappa shape index (κ1) is 15.5. The molecular weight excluding hydrogens is 320 g/mol. The summed E-state index contributed by atoms with van der Waals surface area (Å²) in [6.07, 6.45) is 2.20. The van der Waals surface area contributed by atoms with Gasteiger partial charge in [-0.2, -0.15) is 0 Å². The molecule has 3 heterocycles. The molecule has 4 rings (SSSR count). The van der Waals surface area contributed by atoms with Crippen LogP contribution in [0.15, 0.2) is 51.5 Å². The molecule has 0 unspecified atom stereocenters. The molecule has 1 aliphatic rings. The Balaban J connectivity index is 1.44. The molecule has 2 aromatic heterocycles. The maximum absolute atomic E-state index is 12.6. The Morgan fingerprint density at radius 2 is 2.12 bits per heavy atom. The minimum atomic E-state index is -0.119. The fourth-order valence-electron chi connectivity index (χ4n) is 2.88. The number of furan rings is 1. The highest BCUT2D eigenvalue weighted by Crippen LogP contribution is 2.23. The molecule has 0 aliphatic carbocycles. The van der Waals surface area contributed by atoms with E-state index in [0.717, 1.165) is 22.8 Å². The minimum absolute atomic E-state index is 0.119. The van der Waals surface area contributed by atoms with Crippen molar-refractivity contribution in [1.29, 1.82) is 0 Å². The lowest BCUT2D eigenvalue weighted by atomic mass is 10.1. The van der Waals surface area contributed by atoms with Crippen molar-refractivity contribution in [2.75, 3.05) is 6.54 Å². The van der Waals surface area contributed by atoms with Gasteiger partial charge in [0.1, 0.15) is 11.5 Å². The van der Waals surface area contributed by atoms with Gasteiger partial charge in [0.05, 0.1) is 18.5 Å². The average molecular weight is 338 g/mol. The average Bonchev–Trinajstić information content (AvgIpc) is 3.25. The van der Waals surface area contributed by atoms with E-state index in [1.165, 1.54) is 6.26 Å². The van der Waals surface area contributed by atoms with Crippen LogP contribution >= 0.6 is 0 Å². The van der Waals surface area contributed by atoms with Crippen LogP contribution in [0.4, 0.5) is 0 Å². The first-order chi connectivity index (χ1) is 12.2. The van der Waals surface area contributed by atoms with Crippen LogP contribution in [-0.4, -0.2) is 22.3 Å². The van der Waals surface area contributed by atoms with Crippen LogP contribution in [0.3, 0.4) is 0 Å². The number of nitrogens with zero attached hydrogens (tertiary/aromatic N) is 2. The number of rotatable bonds is 4. The third kappa shape index (κ3) is 3.15. The number of amides is 1. The number of fused-ring (bicyclic) bond motifs is 1. The molecule has 1 amide bonds. The molecule has 0 spiro atoms. The molecule has 0 atom stereocenters. The monoisotopic (exact) mass is 338 g/mol. The van der Waals surface area contributed by atoms with E-state index in [9.17, 15) is 4.79 Å². The van der Waals surface area contributed by atoms with Crippen LogP contribution in [0.2, 0.25) is 0 Å². The van der Waals surface area contributed by atoms with E-state index in [2.05, 4.69) is 4.98 Å². The third-order valence-corrected chi connectivity index (χ3v) is 4.22. The summed E-state index contributed by atoms with van der Waals surface area (Å²) in [7, 11) is 0. The minimum Gasteiger partial charge on any atom is -0.484 e. The number of hydrogen-bond acceptors (Lipinski definition) is 5. The highest BCUT2D eigenvalue weighted by atomic mass is 16.5. The standard InChI is InChI=1S/C19H18N2O4/c1-13-8-10-23-18(13)19(22)21-9-7-15-16(11-21)25-17(20-15)12-24-14-5-3-2-4-6-14/h2-6,8,10H,7,9,11-12H2,1H3. The predicted octanol–water partition coefficient (Wildman–Crippen LogP) is 3.35. The summed E-state index contributed by atoms with van der Waals surface area (Å²) >= 11 is 0. The van der Waals surface area contributed by atoms with Gasteiger partial charge in [0, 0.05) is 18.5 Å². The lowest BCUT2D eigenvalue weighted by molar-refractivity contribution is 0.0685. The summed E-state index contributed by atoms with van der Waals surface area (Å²) in [4.78, 5) is 18.8. The summed E-state index contributed by atoms with van der Waals surface area (Å²) in [5.74, 6) is 2.28. The quantitative estimate of drug-likeness (QED) is 0.730. The van der Waals surface area contributed by atoms with Gasteiger partial charge in [0.25, 0.3) is 5.91 Å². The Hall–Kier alpha value is -3.02. The van der Waals surface area contributed by atoms with Crippen LogP contribution in [0.1, 0.15) is 33.5 Å². The smallest absolute Gasteiger partial charge is 0.290 e. The van der Waals surface area contributed by atoms with Crippen molar-refractivity contribution in [2.45, 2.75) is 26.5 Å². The maximum Gasteiger partial charge on any atom is 0.290 e. The van der Waals surface area contributed by atoms with Crippen LogP contribution in [-0.2, 0) is 19.6 Å².